The van der Waals surface area contributed by atoms with Gasteiger partial charge in [-0.2, -0.15) is 0 Å². The van der Waals surface area contributed by atoms with Gasteiger partial charge < -0.3 is 10.4 Å². The molecule has 0 saturated carbocycles. The van der Waals surface area contributed by atoms with Crippen LogP contribution in [0.5, 0.6) is 0 Å². The van der Waals surface area contributed by atoms with Gasteiger partial charge in [0.25, 0.3) is 5.91 Å². The predicted molar refractivity (Wildman–Crippen MR) is 98.9 cm³/mol. The zero-order valence-electron chi connectivity index (χ0n) is 14.5. The van der Waals surface area contributed by atoms with Crippen LogP contribution in [0.3, 0.4) is 0 Å². The van der Waals surface area contributed by atoms with Crippen LogP contribution in [0.2, 0.25) is 0 Å². The number of amides is 1. The molecule has 25 heavy (non-hydrogen) atoms. The van der Waals surface area contributed by atoms with Gasteiger partial charge in [0.15, 0.2) is 6.10 Å². The first-order chi connectivity index (χ1) is 12.2. The zero-order chi connectivity index (χ0) is 17.5. The summed E-state index contributed by atoms with van der Waals surface area (Å²) < 4.78 is 0. The van der Waals surface area contributed by atoms with Crippen LogP contribution in [-0.4, -0.2) is 35.5 Å². The van der Waals surface area contributed by atoms with Gasteiger partial charge in [0.2, 0.25) is 0 Å². The van der Waals surface area contributed by atoms with Crippen LogP contribution in [0.25, 0.3) is 0 Å². The van der Waals surface area contributed by atoms with Crippen LogP contribution in [-0.2, 0) is 11.3 Å². The molecule has 1 atom stereocenters. The molecular formula is C21H26N2O2. The van der Waals surface area contributed by atoms with Crippen molar-refractivity contribution in [2.24, 2.45) is 5.92 Å². The van der Waals surface area contributed by atoms with E-state index in [0.717, 1.165) is 32.5 Å². The molecule has 2 aromatic rings. The van der Waals surface area contributed by atoms with Crippen molar-refractivity contribution in [1.82, 2.24) is 10.2 Å². The molecule has 1 fully saturated rings. The summed E-state index contributed by atoms with van der Waals surface area (Å²) >= 11 is 0. The fourth-order valence-electron chi connectivity index (χ4n) is 3.32. The van der Waals surface area contributed by atoms with Crippen molar-refractivity contribution in [2.45, 2.75) is 25.5 Å². The SMILES string of the molecule is O=C(NCC1CCN(Cc2ccccc2)CC1)[C@H](O)c1ccccc1. The molecule has 0 radical (unpaired) electrons. The molecule has 1 heterocycles. The van der Waals surface area contributed by atoms with Crippen LogP contribution in [0, 0.1) is 5.92 Å². The molecule has 0 spiro atoms. The largest absolute Gasteiger partial charge is 0.378 e. The molecule has 1 amide bonds. The van der Waals surface area contributed by atoms with Crippen LogP contribution in [0.15, 0.2) is 60.7 Å². The molecule has 132 valence electrons. The Bertz CT molecular complexity index is 652. The number of rotatable bonds is 6. The third-order valence-electron chi connectivity index (χ3n) is 4.88. The molecule has 0 aromatic heterocycles. The molecular weight excluding hydrogens is 312 g/mol. The van der Waals surface area contributed by atoms with E-state index in [9.17, 15) is 9.90 Å². The Morgan fingerprint density at radius 2 is 1.64 bits per heavy atom. The molecule has 3 rings (SSSR count). The van der Waals surface area contributed by atoms with Crippen molar-refractivity contribution in [3.8, 4) is 0 Å². The number of benzene rings is 2. The summed E-state index contributed by atoms with van der Waals surface area (Å²) in [6.45, 7) is 3.74. The van der Waals surface area contributed by atoms with Crippen molar-refractivity contribution in [3.63, 3.8) is 0 Å². The summed E-state index contributed by atoms with van der Waals surface area (Å²) in [5, 5.41) is 13.0. The van der Waals surface area contributed by atoms with Crippen molar-refractivity contribution < 1.29 is 9.90 Å². The summed E-state index contributed by atoms with van der Waals surface area (Å²) in [6, 6.07) is 19.6. The Labute approximate surface area is 149 Å². The average Bonchev–Trinajstić information content (AvgIpc) is 2.68. The first-order valence-electron chi connectivity index (χ1n) is 8.99. The Morgan fingerprint density at radius 1 is 1.04 bits per heavy atom. The maximum absolute atomic E-state index is 12.1. The van der Waals surface area contributed by atoms with E-state index in [1.165, 1.54) is 5.56 Å². The van der Waals surface area contributed by atoms with Gasteiger partial charge in [-0.15, -0.1) is 0 Å². The second-order valence-electron chi connectivity index (χ2n) is 6.76. The van der Waals surface area contributed by atoms with E-state index < -0.39 is 6.10 Å². The van der Waals surface area contributed by atoms with Gasteiger partial charge >= 0.3 is 0 Å². The van der Waals surface area contributed by atoms with E-state index in [1.807, 2.05) is 24.3 Å². The summed E-state index contributed by atoms with van der Waals surface area (Å²) in [6.07, 6.45) is 1.07. The molecule has 1 aliphatic rings. The smallest absolute Gasteiger partial charge is 0.253 e. The summed E-state index contributed by atoms with van der Waals surface area (Å²) in [7, 11) is 0. The number of hydrogen-bond acceptors (Lipinski definition) is 3. The minimum Gasteiger partial charge on any atom is -0.378 e. The molecule has 0 bridgehead atoms. The highest BCUT2D eigenvalue weighted by Gasteiger charge is 2.22. The fourth-order valence-corrected chi connectivity index (χ4v) is 3.32. The third kappa shape index (κ3) is 5.15. The molecule has 2 N–H and O–H groups in total. The van der Waals surface area contributed by atoms with Gasteiger partial charge in [0, 0.05) is 13.1 Å². The number of carbonyl (C=O) groups excluding carboxylic acids is 1. The number of aliphatic hydroxyl groups is 1. The number of hydrogen-bond donors (Lipinski definition) is 2. The number of nitrogens with one attached hydrogen (secondary N) is 1. The van der Waals surface area contributed by atoms with E-state index in [0.29, 0.717) is 18.0 Å². The average molecular weight is 338 g/mol. The van der Waals surface area contributed by atoms with E-state index in [-0.39, 0.29) is 5.91 Å². The van der Waals surface area contributed by atoms with E-state index >= 15 is 0 Å². The monoisotopic (exact) mass is 338 g/mol. The molecule has 4 heteroatoms. The first kappa shape index (κ1) is 17.6. The van der Waals surface area contributed by atoms with Gasteiger partial charge in [0.1, 0.15) is 0 Å². The maximum Gasteiger partial charge on any atom is 0.253 e. The fraction of sp³-hybridized carbons (Fsp3) is 0.381. The molecule has 0 unspecified atom stereocenters. The minimum absolute atomic E-state index is 0.307. The molecule has 1 saturated heterocycles. The van der Waals surface area contributed by atoms with Crippen molar-refractivity contribution in [2.75, 3.05) is 19.6 Å². The molecule has 4 nitrogen and oxygen atoms in total. The lowest BCUT2D eigenvalue weighted by molar-refractivity contribution is -0.129. The van der Waals surface area contributed by atoms with Gasteiger partial charge in [-0.25, -0.2) is 0 Å². The van der Waals surface area contributed by atoms with E-state index in [2.05, 4.69) is 34.5 Å². The van der Waals surface area contributed by atoms with Gasteiger partial charge in [-0.05, 0) is 43.0 Å². The Hall–Kier alpha value is -2.17. The quantitative estimate of drug-likeness (QED) is 0.851. The van der Waals surface area contributed by atoms with Crippen molar-refractivity contribution in [3.05, 3.63) is 71.8 Å². The lowest BCUT2D eigenvalue weighted by Crippen LogP contribution is -2.39. The Kier molecular flexibility index (Phi) is 6.20. The normalized spacial score (nSPS) is 17.2. The van der Waals surface area contributed by atoms with Crippen LogP contribution >= 0.6 is 0 Å². The standard InChI is InChI=1S/C21H26N2O2/c24-20(19-9-5-2-6-10-19)21(25)22-15-17-11-13-23(14-12-17)16-18-7-3-1-4-8-18/h1-10,17,20,24H,11-16H2,(H,22,25)/t20-/m1/s1. The van der Waals surface area contributed by atoms with Crippen LogP contribution in [0.4, 0.5) is 0 Å². The molecule has 0 aliphatic carbocycles. The van der Waals surface area contributed by atoms with E-state index in [1.54, 1.807) is 12.1 Å². The van der Waals surface area contributed by atoms with Crippen molar-refractivity contribution >= 4 is 5.91 Å². The lowest BCUT2D eigenvalue weighted by atomic mass is 9.96. The predicted octanol–water partition coefficient (Wildman–Crippen LogP) is 2.75. The summed E-state index contributed by atoms with van der Waals surface area (Å²) in [5.74, 6) is 0.178. The first-order valence-corrected chi connectivity index (χ1v) is 8.99. The number of aliphatic hydroxyl groups excluding tert-OH is 1. The number of likely N-dealkylation sites (tertiary alicyclic amines) is 1. The highest BCUT2D eigenvalue weighted by atomic mass is 16.3. The maximum atomic E-state index is 12.1. The number of piperidine rings is 1. The van der Waals surface area contributed by atoms with E-state index in [4.69, 9.17) is 0 Å². The van der Waals surface area contributed by atoms with Crippen molar-refractivity contribution in [1.29, 1.82) is 0 Å². The molecule has 1 aliphatic heterocycles. The lowest BCUT2D eigenvalue weighted by Gasteiger charge is -2.32. The Morgan fingerprint density at radius 3 is 2.28 bits per heavy atom. The van der Waals surface area contributed by atoms with Gasteiger partial charge in [-0.1, -0.05) is 60.7 Å². The van der Waals surface area contributed by atoms with Gasteiger partial charge in [0.05, 0.1) is 0 Å². The third-order valence-corrected chi connectivity index (χ3v) is 4.88. The second-order valence-corrected chi connectivity index (χ2v) is 6.76. The minimum atomic E-state index is -1.08. The van der Waals surface area contributed by atoms with Crippen LogP contribution in [0.1, 0.15) is 30.1 Å². The number of nitrogens with zero attached hydrogens (tertiary/aromatic N) is 1. The van der Waals surface area contributed by atoms with Crippen LogP contribution < -0.4 is 5.32 Å². The Balaban J connectivity index is 1.40. The topological polar surface area (TPSA) is 52.6 Å². The number of carbonyl (C=O) groups is 1. The highest BCUT2D eigenvalue weighted by Crippen LogP contribution is 2.19. The summed E-state index contributed by atoms with van der Waals surface area (Å²) in [4.78, 5) is 14.6. The van der Waals surface area contributed by atoms with Gasteiger partial charge in [-0.3, -0.25) is 9.69 Å². The second kappa shape index (κ2) is 8.79. The molecule has 2 aromatic carbocycles. The summed E-state index contributed by atoms with van der Waals surface area (Å²) in [5.41, 5.74) is 1.98. The zero-order valence-corrected chi connectivity index (χ0v) is 14.5. The highest BCUT2D eigenvalue weighted by molar-refractivity contribution is 5.81.